The molecule has 2 N–H and O–H groups in total. The van der Waals surface area contributed by atoms with E-state index in [0.717, 1.165) is 27.0 Å². The first kappa shape index (κ1) is 15.8. The number of hydrogen-bond acceptors (Lipinski definition) is 3. The van der Waals surface area contributed by atoms with Gasteiger partial charge in [0.2, 0.25) is 0 Å². The fourth-order valence-corrected chi connectivity index (χ4v) is 3.25. The van der Waals surface area contributed by atoms with Gasteiger partial charge >= 0.3 is 0 Å². The molecule has 1 amide bonds. The monoisotopic (exact) mass is 397 g/mol. The van der Waals surface area contributed by atoms with Crippen molar-refractivity contribution in [2.45, 2.75) is 13.3 Å². The molecular weight excluding hydrogens is 382 g/mol. The molecule has 0 aliphatic heterocycles. The molecule has 0 saturated heterocycles. The summed E-state index contributed by atoms with van der Waals surface area (Å²) in [5, 5.41) is 2.96. The van der Waals surface area contributed by atoms with E-state index < -0.39 is 0 Å². The lowest BCUT2D eigenvalue weighted by molar-refractivity contribution is 0.0947. The summed E-state index contributed by atoms with van der Waals surface area (Å²) in [4.78, 5) is 24.8. The minimum Gasteiger partial charge on any atom is -0.350 e. The molecule has 6 nitrogen and oxygen atoms in total. The Morgan fingerprint density at radius 3 is 2.92 bits per heavy atom. The number of H-pyrrole nitrogens is 1. The van der Waals surface area contributed by atoms with Crippen LogP contribution in [0.1, 0.15) is 22.0 Å². The predicted molar refractivity (Wildman–Crippen MR) is 99.8 cm³/mol. The summed E-state index contributed by atoms with van der Waals surface area (Å²) in [6, 6.07) is 11.7. The number of imidazole rings is 2. The molecule has 7 heteroatoms. The van der Waals surface area contributed by atoms with E-state index in [0.29, 0.717) is 24.4 Å². The van der Waals surface area contributed by atoms with Crippen LogP contribution in [0.2, 0.25) is 0 Å². The number of benzene rings is 1. The van der Waals surface area contributed by atoms with Crippen LogP contribution in [0.15, 0.2) is 47.1 Å². The molecule has 1 aromatic carbocycles. The summed E-state index contributed by atoms with van der Waals surface area (Å²) >= 11 is 3.43. The first-order valence-electron chi connectivity index (χ1n) is 7.98. The van der Waals surface area contributed by atoms with Gasteiger partial charge in [-0.05, 0) is 47.1 Å². The SMILES string of the molecule is Cc1nc2ccc(Br)cn2c1C(=O)NCCc1nc2ccccc2[nH]1. The van der Waals surface area contributed by atoms with Crippen molar-refractivity contribution in [2.75, 3.05) is 6.54 Å². The lowest BCUT2D eigenvalue weighted by Crippen LogP contribution is -2.27. The van der Waals surface area contributed by atoms with Crippen LogP contribution in [0, 0.1) is 6.92 Å². The summed E-state index contributed by atoms with van der Waals surface area (Å²) in [6.07, 6.45) is 2.49. The number of pyridine rings is 1. The van der Waals surface area contributed by atoms with Crippen LogP contribution in [0.25, 0.3) is 16.7 Å². The molecule has 0 unspecified atom stereocenters. The van der Waals surface area contributed by atoms with Gasteiger partial charge in [0.15, 0.2) is 0 Å². The molecule has 0 aliphatic carbocycles. The average molecular weight is 398 g/mol. The number of rotatable bonds is 4. The lowest BCUT2D eigenvalue weighted by atomic mass is 10.3. The molecule has 3 aromatic heterocycles. The number of amides is 1. The molecule has 0 atom stereocenters. The zero-order valence-corrected chi connectivity index (χ0v) is 15.2. The second-order valence-electron chi connectivity index (χ2n) is 5.83. The van der Waals surface area contributed by atoms with Crippen molar-refractivity contribution in [3.05, 3.63) is 64.3 Å². The van der Waals surface area contributed by atoms with Gasteiger partial charge in [-0.3, -0.25) is 9.20 Å². The van der Waals surface area contributed by atoms with E-state index in [1.54, 1.807) is 4.40 Å². The maximum Gasteiger partial charge on any atom is 0.270 e. The van der Waals surface area contributed by atoms with Crippen molar-refractivity contribution >= 4 is 38.5 Å². The van der Waals surface area contributed by atoms with Gasteiger partial charge in [-0.2, -0.15) is 0 Å². The van der Waals surface area contributed by atoms with Gasteiger partial charge < -0.3 is 10.3 Å². The zero-order valence-electron chi connectivity index (χ0n) is 13.6. The minimum atomic E-state index is -0.140. The van der Waals surface area contributed by atoms with Crippen LogP contribution in [0.5, 0.6) is 0 Å². The maximum atomic E-state index is 12.6. The lowest BCUT2D eigenvalue weighted by Gasteiger charge is -2.05. The van der Waals surface area contributed by atoms with E-state index >= 15 is 0 Å². The predicted octanol–water partition coefficient (Wildman–Crippen LogP) is 3.25. The van der Waals surface area contributed by atoms with Gasteiger partial charge in [-0.25, -0.2) is 9.97 Å². The van der Waals surface area contributed by atoms with E-state index in [-0.39, 0.29) is 5.91 Å². The third-order valence-corrected chi connectivity index (χ3v) is 4.53. The summed E-state index contributed by atoms with van der Waals surface area (Å²) in [7, 11) is 0. The molecule has 3 heterocycles. The second kappa shape index (κ2) is 6.33. The second-order valence-corrected chi connectivity index (χ2v) is 6.74. The Bertz CT molecular complexity index is 1050. The number of carbonyl (C=O) groups excluding carboxylic acids is 1. The van der Waals surface area contributed by atoms with Crippen LogP contribution in [-0.4, -0.2) is 31.8 Å². The van der Waals surface area contributed by atoms with Crippen LogP contribution in [0.4, 0.5) is 0 Å². The molecule has 4 rings (SSSR count). The number of hydrogen-bond donors (Lipinski definition) is 2. The highest BCUT2D eigenvalue weighted by Gasteiger charge is 2.16. The Balaban J connectivity index is 1.49. The third-order valence-electron chi connectivity index (χ3n) is 4.06. The average Bonchev–Trinajstić information content (AvgIpc) is 3.14. The fourth-order valence-electron chi connectivity index (χ4n) is 2.91. The fraction of sp³-hybridized carbons (Fsp3) is 0.167. The number of para-hydroxylation sites is 2. The Morgan fingerprint density at radius 2 is 2.08 bits per heavy atom. The van der Waals surface area contributed by atoms with E-state index in [4.69, 9.17) is 0 Å². The topological polar surface area (TPSA) is 75.1 Å². The van der Waals surface area contributed by atoms with Crippen LogP contribution in [0.3, 0.4) is 0 Å². The minimum absolute atomic E-state index is 0.140. The quantitative estimate of drug-likeness (QED) is 0.554. The van der Waals surface area contributed by atoms with Crippen LogP contribution in [-0.2, 0) is 6.42 Å². The zero-order chi connectivity index (χ0) is 17.4. The number of nitrogens with zero attached hydrogens (tertiary/aromatic N) is 3. The van der Waals surface area contributed by atoms with Crippen molar-refractivity contribution in [3.63, 3.8) is 0 Å². The van der Waals surface area contributed by atoms with Crippen molar-refractivity contribution in [1.29, 1.82) is 0 Å². The van der Waals surface area contributed by atoms with Gasteiger partial charge in [-0.1, -0.05) is 12.1 Å². The highest BCUT2D eigenvalue weighted by molar-refractivity contribution is 9.10. The van der Waals surface area contributed by atoms with Gasteiger partial charge in [0.05, 0.1) is 16.7 Å². The third kappa shape index (κ3) is 3.02. The highest BCUT2D eigenvalue weighted by atomic mass is 79.9. The number of fused-ring (bicyclic) bond motifs is 2. The van der Waals surface area contributed by atoms with Crippen molar-refractivity contribution < 1.29 is 4.79 Å². The molecule has 0 spiro atoms. The molecule has 0 bridgehead atoms. The molecule has 0 saturated carbocycles. The summed E-state index contributed by atoms with van der Waals surface area (Å²) in [6.45, 7) is 2.34. The number of aryl methyl sites for hydroxylation is 1. The molecule has 0 aliphatic rings. The number of aromatic nitrogens is 4. The van der Waals surface area contributed by atoms with Gasteiger partial charge in [-0.15, -0.1) is 0 Å². The summed E-state index contributed by atoms with van der Waals surface area (Å²) in [5.41, 5.74) is 3.96. The molecule has 126 valence electrons. The normalized spacial score (nSPS) is 11.3. The van der Waals surface area contributed by atoms with Gasteiger partial charge in [0, 0.05) is 23.6 Å². The number of aromatic amines is 1. The summed E-state index contributed by atoms with van der Waals surface area (Å²) < 4.78 is 2.70. The standard InChI is InChI=1S/C18H16BrN5O/c1-11-17(24-10-12(19)6-7-16(24)21-11)18(25)20-9-8-15-22-13-4-2-3-5-14(13)23-15/h2-7,10H,8-9H2,1H3,(H,20,25)(H,22,23). The molecule has 4 aromatic rings. The van der Waals surface area contributed by atoms with Crippen molar-refractivity contribution in [2.24, 2.45) is 0 Å². The molecule has 0 radical (unpaired) electrons. The van der Waals surface area contributed by atoms with E-state index in [9.17, 15) is 4.79 Å². The Morgan fingerprint density at radius 1 is 1.24 bits per heavy atom. The Hall–Kier alpha value is -2.67. The molecule has 25 heavy (non-hydrogen) atoms. The number of nitrogens with one attached hydrogen (secondary N) is 2. The Labute approximate surface area is 152 Å². The van der Waals surface area contributed by atoms with E-state index in [1.165, 1.54) is 0 Å². The van der Waals surface area contributed by atoms with E-state index in [1.807, 2.05) is 49.5 Å². The largest absolute Gasteiger partial charge is 0.350 e. The molecular formula is C18H16BrN5O. The molecule has 0 fully saturated rings. The van der Waals surface area contributed by atoms with Crippen LogP contribution < -0.4 is 5.32 Å². The first-order chi connectivity index (χ1) is 12.1. The smallest absolute Gasteiger partial charge is 0.270 e. The van der Waals surface area contributed by atoms with Gasteiger partial charge in [0.1, 0.15) is 17.2 Å². The maximum absolute atomic E-state index is 12.6. The van der Waals surface area contributed by atoms with E-state index in [2.05, 4.69) is 36.2 Å². The Kier molecular flexibility index (Phi) is 4.01. The highest BCUT2D eigenvalue weighted by Crippen LogP contribution is 2.16. The summed E-state index contributed by atoms with van der Waals surface area (Å²) in [5.74, 6) is 0.721. The van der Waals surface area contributed by atoms with Crippen LogP contribution >= 0.6 is 15.9 Å². The first-order valence-corrected chi connectivity index (χ1v) is 8.77. The van der Waals surface area contributed by atoms with Crippen molar-refractivity contribution in [1.82, 2.24) is 24.7 Å². The number of halogens is 1. The number of carbonyl (C=O) groups is 1. The van der Waals surface area contributed by atoms with Crippen molar-refractivity contribution in [3.8, 4) is 0 Å². The van der Waals surface area contributed by atoms with Gasteiger partial charge in [0.25, 0.3) is 5.91 Å².